The number of benzene rings is 1. The van der Waals surface area contributed by atoms with Gasteiger partial charge in [-0.2, -0.15) is 5.10 Å². The molecule has 4 rings (SSSR count). The van der Waals surface area contributed by atoms with E-state index >= 15 is 0 Å². The number of hydrogen-bond acceptors (Lipinski definition) is 4. The fourth-order valence-electron chi connectivity index (χ4n) is 4.36. The predicted octanol–water partition coefficient (Wildman–Crippen LogP) is 3.97. The van der Waals surface area contributed by atoms with Crippen LogP contribution in [0.3, 0.4) is 0 Å². The summed E-state index contributed by atoms with van der Waals surface area (Å²) in [6.45, 7) is 10.6. The first kappa shape index (κ1) is 22.1. The molecule has 1 saturated heterocycles. The summed E-state index contributed by atoms with van der Waals surface area (Å²) in [5, 5.41) is 11.7. The highest BCUT2D eigenvalue weighted by atomic mass is 16.3. The Morgan fingerprint density at radius 3 is 2.56 bits per heavy atom. The number of para-hydroxylation sites is 1. The minimum atomic E-state index is 0.209. The predicted molar refractivity (Wildman–Crippen MR) is 128 cm³/mol. The Balaban J connectivity index is 1.48. The summed E-state index contributed by atoms with van der Waals surface area (Å²) >= 11 is 0. The summed E-state index contributed by atoms with van der Waals surface area (Å²) in [7, 11) is 0. The normalized spacial score (nSPS) is 15.8. The lowest BCUT2D eigenvalue weighted by Crippen LogP contribution is -2.42. The maximum atomic E-state index is 5.75. The summed E-state index contributed by atoms with van der Waals surface area (Å²) < 4.78 is 7.75. The highest BCUT2D eigenvalue weighted by Crippen LogP contribution is 2.25. The molecule has 3 aromatic rings. The summed E-state index contributed by atoms with van der Waals surface area (Å²) in [5.74, 6) is 1.82. The van der Waals surface area contributed by atoms with E-state index in [0.29, 0.717) is 6.54 Å². The molecule has 1 atom stereocenters. The summed E-state index contributed by atoms with van der Waals surface area (Å²) in [6, 6.07) is 14.5. The molecule has 0 amide bonds. The zero-order valence-corrected chi connectivity index (χ0v) is 19.3. The number of aryl methyl sites for hydroxylation is 1. The molecule has 170 valence electrons. The molecule has 2 aromatic heterocycles. The van der Waals surface area contributed by atoms with Crippen LogP contribution in [0.4, 0.5) is 0 Å². The van der Waals surface area contributed by atoms with Gasteiger partial charge in [0.25, 0.3) is 0 Å². The van der Waals surface area contributed by atoms with E-state index in [0.717, 1.165) is 60.5 Å². The van der Waals surface area contributed by atoms with Crippen molar-refractivity contribution in [3.05, 3.63) is 71.4 Å². The first-order valence-electron chi connectivity index (χ1n) is 11.6. The largest absolute Gasteiger partial charge is 0.468 e. The number of nitrogens with zero attached hydrogens (tertiary/aromatic N) is 4. The van der Waals surface area contributed by atoms with Crippen LogP contribution >= 0.6 is 0 Å². The summed E-state index contributed by atoms with van der Waals surface area (Å²) in [6.07, 6.45) is 4.25. The van der Waals surface area contributed by atoms with Gasteiger partial charge in [-0.15, -0.1) is 0 Å². The molecule has 0 aliphatic carbocycles. The van der Waals surface area contributed by atoms with Crippen molar-refractivity contribution in [3.63, 3.8) is 0 Å². The van der Waals surface area contributed by atoms with Crippen LogP contribution in [-0.4, -0.2) is 46.8 Å². The Labute approximate surface area is 190 Å². The molecular formula is C25H34N6O. The van der Waals surface area contributed by atoms with E-state index in [2.05, 4.69) is 54.5 Å². The molecular weight excluding hydrogens is 400 g/mol. The van der Waals surface area contributed by atoms with Crippen LogP contribution in [0.1, 0.15) is 48.5 Å². The van der Waals surface area contributed by atoms with Crippen LogP contribution < -0.4 is 10.6 Å². The van der Waals surface area contributed by atoms with Gasteiger partial charge in [0.05, 0.1) is 30.2 Å². The zero-order chi connectivity index (χ0) is 22.3. The lowest BCUT2D eigenvalue weighted by atomic mass is 10.2. The van der Waals surface area contributed by atoms with E-state index in [9.17, 15) is 0 Å². The van der Waals surface area contributed by atoms with Crippen LogP contribution in [0, 0.1) is 13.8 Å². The van der Waals surface area contributed by atoms with Crippen LogP contribution in [-0.2, 0) is 6.54 Å². The van der Waals surface area contributed by atoms with Crippen molar-refractivity contribution >= 4 is 5.96 Å². The SMILES string of the molecule is CCNC(=NCc1c(C)nn(-c2ccccc2)c1C)NCC(c1ccco1)N1CCCC1. The molecule has 7 heteroatoms. The fraction of sp³-hybridized carbons (Fsp3) is 0.440. The van der Waals surface area contributed by atoms with Gasteiger partial charge in [-0.3, -0.25) is 4.90 Å². The molecule has 32 heavy (non-hydrogen) atoms. The van der Waals surface area contributed by atoms with Gasteiger partial charge in [0.15, 0.2) is 5.96 Å². The Hall–Kier alpha value is -3.06. The summed E-state index contributed by atoms with van der Waals surface area (Å²) in [4.78, 5) is 7.38. The van der Waals surface area contributed by atoms with Crippen LogP contribution in [0.5, 0.6) is 0 Å². The molecule has 1 fully saturated rings. The number of guanidine groups is 1. The minimum Gasteiger partial charge on any atom is -0.468 e. The number of likely N-dealkylation sites (tertiary alicyclic amines) is 1. The van der Waals surface area contributed by atoms with Crippen LogP contribution in [0.25, 0.3) is 5.69 Å². The second kappa shape index (κ2) is 10.5. The third-order valence-electron chi connectivity index (χ3n) is 6.10. The maximum absolute atomic E-state index is 5.75. The molecule has 2 N–H and O–H groups in total. The van der Waals surface area contributed by atoms with Gasteiger partial charge < -0.3 is 15.1 Å². The van der Waals surface area contributed by atoms with Crippen molar-refractivity contribution < 1.29 is 4.42 Å². The molecule has 0 radical (unpaired) electrons. The van der Waals surface area contributed by atoms with Gasteiger partial charge in [-0.25, -0.2) is 9.67 Å². The van der Waals surface area contributed by atoms with Crippen molar-refractivity contribution in [2.45, 2.75) is 46.2 Å². The number of aliphatic imine (C=N–C) groups is 1. The second-order valence-corrected chi connectivity index (χ2v) is 8.25. The monoisotopic (exact) mass is 434 g/mol. The maximum Gasteiger partial charge on any atom is 0.191 e. The van der Waals surface area contributed by atoms with Gasteiger partial charge in [-0.05, 0) is 71.0 Å². The average molecular weight is 435 g/mol. The molecule has 1 unspecified atom stereocenters. The Morgan fingerprint density at radius 2 is 1.88 bits per heavy atom. The summed E-state index contributed by atoms with van der Waals surface area (Å²) in [5.41, 5.74) is 4.36. The smallest absolute Gasteiger partial charge is 0.191 e. The minimum absolute atomic E-state index is 0.209. The van der Waals surface area contributed by atoms with Crippen LogP contribution in [0.15, 0.2) is 58.1 Å². The van der Waals surface area contributed by atoms with Crippen molar-refractivity contribution in [1.29, 1.82) is 0 Å². The van der Waals surface area contributed by atoms with Gasteiger partial charge in [0.1, 0.15) is 5.76 Å². The second-order valence-electron chi connectivity index (χ2n) is 8.25. The van der Waals surface area contributed by atoms with E-state index in [-0.39, 0.29) is 6.04 Å². The fourth-order valence-corrected chi connectivity index (χ4v) is 4.36. The third-order valence-corrected chi connectivity index (χ3v) is 6.10. The molecule has 1 aliphatic heterocycles. The molecule has 7 nitrogen and oxygen atoms in total. The van der Waals surface area contributed by atoms with Crippen molar-refractivity contribution in [2.75, 3.05) is 26.2 Å². The number of furan rings is 1. The van der Waals surface area contributed by atoms with Crippen LogP contribution in [0.2, 0.25) is 0 Å². The molecule has 0 spiro atoms. The van der Waals surface area contributed by atoms with E-state index in [1.165, 1.54) is 12.8 Å². The Morgan fingerprint density at radius 1 is 1.09 bits per heavy atom. The number of nitrogens with one attached hydrogen (secondary N) is 2. The Kier molecular flexibility index (Phi) is 7.27. The third kappa shape index (κ3) is 5.05. The van der Waals surface area contributed by atoms with E-state index in [1.54, 1.807) is 6.26 Å². The first-order valence-corrected chi connectivity index (χ1v) is 11.6. The topological polar surface area (TPSA) is 70.6 Å². The molecule has 0 bridgehead atoms. The lowest BCUT2D eigenvalue weighted by Gasteiger charge is -2.26. The molecule has 1 aliphatic rings. The lowest BCUT2D eigenvalue weighted by molar-refractivity contribution is 0.215. The highest BCUT2D eigenvalue weighted by molar-refractivity contribution is 5.79. The van der Waals surface area contributed by atoms with E-state index in [1.807, 2.05) is 28.9 Å². The number of aromatic nitrogens is 2. The van der Waals surface area contributed by atoms with Gasteiger partial charge in [0, 0.05) is 24.3 Å². The van der Waals surface area contributed by atoms with Gasteiger partial charge in [-0.1, -0.05) is 18.2 Å². The number of hydrogen-bond donors (Lipinski definition) is 2. The molecule has 1 aromatic carbocycles. The van der Waals surface area contributed by atoms with Gasteiger partial charge >= 0.3 is 0 Å². The van der Waals surface area contributed by atoms with Crippen molar-refractivity contribution in [3.8, 4) is 5.69 Å². The number of rotatable bonds is 8. The van der Waals surface area contributed by atoms with Gasteiger partial charge in [0.2, 0.25) is 0 Å². The average Bonchev–Trinajstić information content (AvgIpc) is 3.57. The zero-order valence-electron chi connectivity index (χ0n) is 19.3. The quantitative estimate of drug-likeness (QED) is 0.415. The molecule has 0 saturated carbocycles. The first-order chi connectivity index (χ1) is 15.7. The van der Waals surface area contributed by atoms with E-state index in [4.69, 9.17) is 14.5 Å². The Bertz CT molecular complexity index is 1000. The highest BCUT2D eigenvalue weighted by Gasteiger charge is 2.25. The van der Waals surface area contributed by atoms with Crippen molar-refractivity contribution in [1.82, 2.24) is 25.3 Å². The molecule has 3 heterocycles. The van der Waals surface area contributed by atoms with Crippen molar-refractivity contribution in [2.24, 2.45) is 4.99 Å². The standard InChI is InChI=1S/C25H34N6O/c1-4-26-25(28-18-23(24-13-10-16-32-24)30-14-8-9-15-30)27-17-22-19(2)29-31(20(22)3)21-11-6-5-7-12-21/h5-7,10-13,16,23H,4,8-9,14-15,17-18H2,1-3H3,(H2,26,27,28). The van der Waals surface area contributed by atoms with E-state index < -0.39 is 0 Å².